The summed E-state index contributed by atoms with van der Waals surface area (Å²) in [6.45, 7) is 6.31. The highest BCUT2D eigenvalue weighted by atomic mass is 16.3. The quantitative estimate of drug-likeness (QED) is 0.666. The molecule has 0 radical (unpaired) electrons. The summed E-state index contributed by atoms with van der Waals surface area (Å²) in [5.41, 5.74) is 0.0783. The van der Waals surface area contributed by atoms with E-state index in [1.54, 1.807) is 0 Å². The summed E-state index contributed by atoms with van der Waals surface area (Å²) in [6.07, 6.45) is 4.92. The highest BCUT2D eigenvalue weighted by Crippen LogP contribution is 2.35. The van der Waals surface area contributed by atoms with Gasteiger partial charge in [0.15, 0.2) is 0 Å². The van der Waals surface area contributed by atoms with Crippen molar-refractivity contribution in [1.82, 2.24) is 0 Å². The van der Waals surface area contributed by atoms with Gasteiger partial charge in [0.25, 0.3) is 0 Å². The third kappa shape index (κ3) is 3.24. The van der Waals surface area contributed by atoms with E-state index < -0.39 is 0 Å². The summed E-state index contributed by atoms with van der Waals surface area (Å²) in [5.74, 6) is 0.951. The first-order chi connectivity index (χ1) is 5.00. The predicted octanol–water partition coefficient (Wildman–Crippen LogP) is 2.58. The second-order valence-electron chi connectivity index (χ2n) is 4.90. The predicted molar refractivity (Wildman–Crippen MR) is 47.4 cm³/mol. The Balaban J connectivity index is 2.13. The third-order valence-corrected chi connectivity index (χ3v) is 2.54. The van der Waals surface area contributed by atoms with Crippen LogP contribution in [0.5, 0.6) is 0 Å². The molecule has 1 atom stereocenters. The van der Waals surface area contributed by atoms with Crippen LogP contribution < -0.4 is 0 Å². The molecule has 1 aliphatic rings. The van der Waals surface area contributed by atoms with E-state index in [4.69, 9.17) is 0 Å². The number of hydrogen-bond donors (Lipinski definition) is 1. The average Bonchev–Trinajstić information content (AvgIpc) is 2.62. The second-order valence-corrected chi connectivity index (χ2v) is 4.90. The van der Waals surface area contributed by atoms with Crippen LogP contribution in [0, 0.1) is 11.3 Å². The zero-order valence-electron chi connectivity index (χ0n) is 7.93. The number of aliphatic hydroxyl groups excluding tert-OH is 1. The maximum absolute atomic E-state index is 9.66. The van der Waals surface area contributed by atoms with Crippen LogP contribution >= 0.6 is 0 Å². The molecule has 0 bridgehead atoms. The second kappa shape index (κ2) is 3.14. The minimum atomic E-state index is -0.108. The van der Waals surface area contributed by atoms with Crippen molar-refractivity contribution in [1.29, 1.82) is 0 Å². The van der Waals surface area contributed by atoms with Crippen molar-refractivity contribution in [3.8, 4) is 0 Å². The maximum atomic E-state index is 9.66. The Kier molecular flexibility index (Phi) is 2.58. The van der Waals surface area contributed by atoms with Crippen LogP contribution in [0.2, 0.25) is 0 Å². The van der Waals surface area contributed by atoms with Crippen molar-refractivity contribution in [3.63, 3.8) is 0 Å². The zero-order chi connectivity index (χ0) is 8.48. The molecule has 1 heteroatoms. The van der Waals surface area contributed by atoms with Crippen molar-refractivity contribution < 1.29 is 5.11 Å². The lowest BCUT2D eigenvalue weighted by Gasteiger charge is -2.25. The van der Waals surface area contributed by atoms with E-state index >= 15 is 0 Å². The minimum absolute atomic E-state index is 0.0783. The molecule has 0 saturated heterocycles. The van der Waals surface area contributed by atoms with E-state index in [0.717, 1.165) is 12.3 Å². The van der Waals surface area contributed by atoms with Crippen LogP contribution in [-0.4, -0.2) is 11.2 Å². The first kappa shape index (κ1) is 9.05. The summed E-state index contributed by atoms with van der Waals surface area (Å²) in [6, 6.07) is 0. The monoisotopic (exact) mass is 156 g/mol. The van der Waals surface area contributed by atoms with Crippen molar-refractivity contribution >= 4 is 0 Å². The van der Waals surface area contributed by atoms with Gasteiger partial charge in [0.1, 0.15) is 0 Å². The Labute approximate surface area is 69.8 Å². The fourth-order valence-corrected chi connectivity index (χ4v) is 1.23. The van der Waals surface area contributed by atoms with Crippen LogP contribution in [-0.2, 0) is 0 Å². The fraction of sp³-hybridized carbons (Fsp3) is 1.00. The number of rotatable bonds is 3. The molecule has 0 spiro atoms. The van der Waals surface area contributed by atoms with E-state index in [-0.39, 0.29) is 11.5 Å². The van der Waals surface area contributed by atoms with Gasteiger partial charge in [-0.05, 0) is 24.2 Å². The Hall–Kier alpha value is -0.0400. The van der Waals surface area contributed by atoms with E-state index in [2.05, 4.69) is 20.8 Å². The molecular weight excluding hydrogens is 136 g/mol. The topological polar surface area (TPSA) is 20.2 Å². The molecule has 0 aromatic rings. The van der Waals surface area contributed by atoms with Crippen LogP contribution in [0.1, 0.15) is 46.5 Å². The van der Waals surface area contributed by atoms with Gasteiger partial charge < -0.3 is 5.11 Å². The molecule has 0 amide bonds. The number of aliphatic hydroxyl groups is 1. The highest BCUT2D eigenvalue weighted by molar-refractivity contribution is 4.78. The molecule has 66 valence electrons. The van der Waals surface area contributed by atoms with Crippen LogP contribution in [0.4, 0.5) is 0 Å². The smallest absolute Gasteiger partial charge is 0.0588 e. The number of hydrogen-bond acceptors (Lipinski definition) is 1. The van der Waals surface area contributed by atoms with E-state index in [1.807, 2.05) is 0 Å². The first-order valence-corrected chi connectivity index (χ1v) is 4.68. The SMILES string of the molecule is CC(C)(C)C(O)CCC1CC1. The highest BCUT2D eigenvalue weighted by Gasteiger charge is 2.26. The molecule has 0 aromatic heterocycles. The van der Waals surface area contributed by atoms with Gasteiger partial charge in [0, 0.05) is 0 Å². The van der Waals surface area contributed by atoms with Crippen LogP contribution in [0.25, 0.3) is 0 Å². The van der Waals surface area contributed by atoms with Crippen molar-refractivity contribution in [3.05, 3.63) is 0 Å². The van der Waals surface area contributed by atoms with Gasteiger partial charge in [-0.1, -0.05) is 33.6 Å². The fourth-order valence-electron chi connectivity index (χ4n) is 1.23. The van der Waals surface area contributed by atoms with Gasteiger partial charge in [0.2, 0.25) is 0 Å². The summed E-state index contributed by atoms with van der Waals surface area (Å²) in [4.78, 5) is 0. The molecule has 0 aromatic carbocycles. The van der Waals surface area contributed by atoms with Gasteiger partial charge in [-0.25, -0.2) is 0 Å². The molecule has 0 aliphatic heterocycles. The lowest BCUT2D eigenvalue weighted by atomic mass is 9.86. The van der Waals surface area contributed by atoms with Gasteiger partial charge in [-0.2, -0.15) is 0 Å². The Morgan fingerprint density at radius 3 is 2.27 bits per heavy atom. The molecule has 1 N–H and O–H groups in total. The standard InChI is InChI=1S/C10H20O/c1-10(2,3)9(11)7-6-8-4-5-8/h8-9,11H,4-7H2,1-3H3. The first-order valence-electron chi connectivity index (χ1n) is 4.68. The minimum Gasteiger partial charge on any atom is -0.393 e. The maximum Gasteiger partial charge on any atom is 0.0588 e. The van der Waals surface area contributed by atoms with Gasteiger partial charge in [-0.3, -0.25) is 0 Å². The molecule has 1 rings (SSSR count). The summed E-state index contributed by atoms with van der Waals surface area (Å²) in [7, 11) is 0. The molecular formula is C10H20O. The summed E-state index contributed by atoms with van der Waals surface area (Å²) < 4.78 is 0. The third-order valence-electron chi connectivity index (χ3n) is 2.54. The van der Waals surface area contributed by atoms with Crippen molar-refractivity contribution in [2.24, 2.45) is 11.3 Å². The Bertz CT molecular complexity index is 119. The van der Waals surface area contributed by atoms with Gasteiger partial charge in [-0.15, -0.1) is 0 Å². The molecule has 1 unspecified atom stereocenters. The lowest BCUT2D eigenvalue weighted by molar-refractivity contribution is 0.0527. The summed E-state index contributed by atoms with van der Waals surface area (Å²) >= 11 is 0. The summed E-state index contributed by atoms with van der Waals surface area (Å²) in [5, 5.41) is 9.66. The largest absolute Gasteiger partial charge is 0.393 e. The molecule has 11 heavy (non-hydrogen) atoms. The van der Waals surface area contributed by atoms with Crippen molar-refractivity contribution in [2.75, 3.05) is 0 Å². The molecule has 1 nitrogen and oxygen atoms in total. The van der Waals surface area contributed by atoms with E-state index in [1.165, 1.54) is 19.3 Å². The van der Waals surface area contributed by atoms with Crippen LogP contribution in [0.3, 0.4) is 0 Å². The van der Waals surface area contributed by atoms with Crippen LogP contribution in [0.15, 0.2) is 0 Å². The molecule has 1 saturated carbocycles. The van der Waals surface area contributed by atoms with E-state index in [0.29, 0.717) is 0 Å². The average molecular weight is 156 g/mol. The van der Waals surface area contributed by atoms with Crippen molar-refractivity contribution in [2.45, 2.75) is 52.6 Å². The van der Waals surface area contributed by atoms with Gasteiger partial charge >= 0.3 is 0 Å². The molecule has 1 aliphatic carbocycles. The lowest BCUT2D eigenvalue weighted by Crippen LogP contribution is -2.25. The molecule has 0 heterocycles. The molecule has 1 fully saturated rings. The Morgan fingerprint density at radius 1 is 1.36 bits per heavy atom. The van der Waals surface area contributed by atoms with Gasteiger partial charge in [0.05, 0.1) is 6.10 Å². The zero-order valence-corrected chi connectivity index (χ0v) is 7.93. The normalized spacial score (nSPS) is 21.8. The Morgan fingerprint density at radius 2 is 1.91 bits per heavy atom. The van der Waals surface area contributed by atoms with E-state index in [9.17, 15) is 5.11 Å².